The highest BCUT2D eigenvalue weighted by atomic mass is 79.9. The summed E-state index contributed by atoms with van der Waals surface area (Å²) in [6.45, 7) is 0.255. The molecule has 6 aromatic rings. The van der Waals surface area contributed by atoms with Gasteiger partial charge in [-0.15, -0.1) is 0 Å². The van der Waals surface area contributed by atoms with Gasteiger partial charge in [0.2, 0.25) is 18.0 Å². The summed E-state index contributed by atoms with van der Waals surface area (Å²) in [6, 6.07) is 41.2. The van der Waals surface area contributed by atoms with Gasteiger partial charge in [-0.05, 0) is 66.7 Å². The first-order valence-corrected chi connectivity index (χ1v) is 19.7. The molecule has 59 heavy (non-hydrogen) atoms. The number of nitrogens with one attached hydrogen (secondary N) is 2. The fourth-order valence-corrected chi connectivity index (χ4v) is 7.07. The minimum atomic E-state index is -1.43. The van der Waals surface area contributed by atoms with Crippen LogP contribution in [0, 0.1) is 0 Å². The first kappa shape index (κ1) is 40.9. The van der Waals surface area contributed by atoms with Gasteiger partial charge in [-0.25, -0.2) is 4.99 Å². The number of likely N-dealkylation sites (N-methyl/N-ethyl adjacent to an activating group) is 1. The molecule has 0 fully saturated rings. The molecule has 0 saturated heterocycles. The third-order valence-electron chi connectivity index (χ3n) is 9.20. The largest absolute Gasteiger partial charge is 0.364 e. The van der Waals surface area contributed by atoms with Crippen LogP contribution in [-0.4, -0.2) is 71.3 Å². The summed E-state index contributed by atoms with van der Waals surface area (Å²) in [5, 5.41) is 16.5. The number of pyridine rings is 1. The molecule has 0 spiro atoms. The van der Waals surface area contributed by atoms with Gasteiger partial charge in [-0.3, -0.25) is 29.4 Å². The molecule has 0 aliphatic carbocycles. The molecule has 5 aromatic carbocycles. The average molecular weight is 888 g/mol. The van der Waals surface area contributed by atoms with Crippen LogP contribution >= 0.6 is 39.1 Å². The third kappa shape index (κ3) is 9.70. The molecule has 14 heteroatoms. The Morgan fingerprint density at radius 1 is 0.661 bits per heavy atom. The Labute approximate surface area is 358 Å². The van der Waals surface area contributed by atoms with Crippen LogP contribution in [0.5, 0.6) is 0 Å². The summed E-state index contributed by atoms with van der Waals surface area (Å²) in [4.78, 5) is 54.3. The maximum absolute atomic E-state index is 12.0. The van der Waals surface area contributed by atoms with Gasteiger partial charge in [-0.2, -0.15) is 0 Å². The minimum absolute atomic E-state index is 0.0282. The number of carbonyl (C=O) groups is 3. The molecule has 1 atom stereocenters. The Hall–Kier alpha value is -6.31. The quantitative estimate of drug-likeness (QED) is 0.164. The molecule has 0 bridgehead atoms. The summed E-state index contributed by atoms with van der Waals surface area (Å²) in [6.07, 6.45) is 0.284. The van der Waals surface area contributed by atoms with E-state index >= 15 is 0 Å². The van der Waals surface area contributed by atoms with E-state index in [9.17, 15) is 19.5 Å². The molecule has 3 amide bonds. The van der Waals surface area contributed by atoms with E-state index < -0.39 is 12.1 Å². The van der Waals surface area contributed by atoms with E-state index in [1.54, 1.807) is 42.4 Å². The van der Waals surface area contributed by atoms with Crippen molar-refractivity contribution in [3.8, 4) is 0 Å². The molecular formula is C45H34BrCl2N7O4. The second-order valence-electron chi connectivity index (χ2n) is 13.2. The topological polar surface area (TPSA) is 149 Å². The average Bonchev–Trinajstić information content (AvgIpc) is 3.55. The second kappa shape index (κ2) is 18.5. The van der Waals surface area contributed by atoms with Crippen molar-refractivity contribution in [1.82, 2.24) is 4.98 Å². The van der Waals surface area contributed by atoms with E-state index in [2.05, 4.69) is 46.5 Å². The maximum Gasteiger partial charge on any atom is 0.276 e. The monoisotopic (exact) mass is 885 g/mol. The molecule has 3 aliphatic heterocycles. The fraction of sp³-hybridized carbons (Fsp3) is 0.0889. The van der Waals surface area contributed by atoms with Gasteiger partial charge < -0.3 is 20.6 Å². The molecule has 3 N–H and O–H groups in total. The molecule has 11 nitrogen and oxygen atoms in total. The molecule has 9 rings (SSSR count). The highest BCUT2D eigenvalue weighted by Gasteiger charge is 2.25. The molecule has 0 saturated carbocycles. The number of fused-ring (bicyclic) bond motifs is 3. The second-order valence-corrected chi connectivity index (χ2v) is 14.9. The molecule has 1 unspecified atom stereocenters. The van der Waals surface area contributed by atoms with Gasteiger partial charge in [0, 0.05) is 55.6 Å². The van der Waals surface area contributed by atoms with Crippen molar-refractivity contribution in [3.05, 3.63) is 188 Å². The minimum Gasteiger partial charge on any atom is -0.364 e. The van der Waals surface area contributed by atoms with Crippen LogP contribution in [0.2, 0.25) is 10.0 Å². The fourth-order valence-electron chi connectivity index (χ4n) is 6.37. The SMILES string of the molecule is CN1C(=O)CN=C(c2ccccc2)c2cc(Cl)ccc21.O=C1CN=C(c2ccccn2)c2cc(Br)ccc2N1.O=C1Nc2ccc(Cl)cc2C(c2ccccc2)=NC1O. The number of benzene rings is 5. The predicted molar refractivity (Wildman–Crippen MR) is 237 cm³/mol. The number of hydrogen-bond acceptors (Lipinski definition) is 8. The van der Waals surface area contributed by atoms with Crippen molar-refractivity contribution in [2.75, 3.05) is 35.7 Å². The number of aliphatic hydroxyl groups excluding tert-OH is 1. The maximum atomic E-state index is 12.0. The normalized spacial score (nSPS) is 15.5. The molecule has 4 heterocycles. The number of anilines is 3. The van der Waals surface area contributed by atoms with Crippen molar-refractivity contribution in [1.29, 1.82) is 0 Å². The number of carbonyl (C=O) groups excluding carboxylic acids is 3. The van der Waals surface area contributed by atoms with Crippen molar-refractivity contribution < 1.29 is 19.5 Å². The number of aliphatic imine (C=N–C) groups is 3. The lowest BCUT2D eigenvalue weighted by Gasteiger charge is -2.18. The highest BCUT2D eigenvalue weighted by molar-refractivity contribution is 9.10. The van der Waals surface area contributed by atoms with Gasteiger partial charge in [0.05, 0.1) is 39.9 Å². The molecule has 1 aromatic heterocycles. The van der Waals surface area contributed by atoms with Crippen molar-refractivity contribution in [3.63, 3.8) is 0 Å². The number of nitrogens with zero attached hydrogens (tertiary/aromatic N) is 5. The lowest BCUT2D eigenvalue weighted by molar-refractivity contribution is -0.123. The lowest BCUT2D eigenvalue weighted by atomic mass is 10.0. The van der Waals surface area contributed by atoms with Gasteiger partial charge >= 0.3 is 0 Å². The number of amides is 3. The van der Waals surface area contributed by atoms with E-state index in [0.717, 1.165) is 55.2 Å². The highest BCUT2D eigenvalue weighted by Crippen LogP contribution is 2.30. The van der Waals surface area contributed by atoms with Crippen LogP contribution in [0.4, 0.5) is 17.1 Å². The summed E-state index contributed by atoms with van der Waals surface area (Å²) in [5.74, 6) is -0.700. The summed E-state index contributed by atoms with van der Waals surface area (Å²) < 4.78 is 0.936. The zero-order chi connectivity index (χ0) is 41.5. The van der Waals surface area contributed by atoms with Crippen LogP contribution in [0.15, 0.2) is 159 Å². The Bertz CT molecular complexity index is 2640. The van der Waals surface area contributed by atoms with E-state index in [1.165, 1.54) is 0 Å². The first-order chi connectivity index (χ1) is 28.5. The van der Waals surface area contributed by atoms with Gasteiger partial charge in [0.1, 0.15) is 13.1 Å². The Kier molecular flexibility index (Phi) is 12.8. The van der Waals surface area contributed by atoms with Crippen LogP contribution in [0.3, 0.4) is 0 Å². The number of hydrogen-bond donors (Lipinski definition) is 3. The van der Waals surface area contributed by atoms with E-state index in [0.29, 0.717) is 27.0 Å². The summed E-state index contributed by atoms with van der Waals surface area (Å²) in [7, 11) is 1.76. The van der Waals surface area contributed by atoms with Crippen LogP contribution < -0.4 is 15.5 Å². The van der Waals surface area contributed by atoms with Crippen LogP contribution in [0.1, 0.15) is 33.5 Å². The molecule has 294 valence electrons. The molecular weight excluding hydrogens is 853 g/mol. The lowest BCUT2D eigenvalue weighted by Crippen LogP contribution is -2.27. The Morgan fingerprint density at radius 3 is 1.95 bits per heavy atom. The third-order valence-corrected chi connectivity index (χ3v) is 10.2. The zero-order valence-electron chi connectivity index (χ0n) is 31.3. The number of halogens is 3. The predicted octanol–water partition coefficient (Wildman–Crippen LogP) is 8.24. The zero-order valence-corrected chi connectivity index (χ0v) is 34.4. The van der Waals surface area contributed by atoms with Gasteiger partial charge in [0.25, 0.3) is 5.91 Å². The van der Waals surface area contributed by atoms with Gasteiger partial charge in [-0.1, -0.05) is 106 Å². The first-order valence-electron chi connectivity index (χ1n) is 18.2. The Balaban J connectivity index is 0.000000134. The van der Waals surface area contributed by atoms with Gasteiger partial charge in [0.15, 0.2) is 0 Å². The summed E-state index contributed by atoms with van der Waals surface area (Å²) in [5.41, 5.74) is 9.26. The van der Waals surface area contributed by atoms with Crippen molar-refractivity contribution in [2.45, 2.75) is 6.23 Å². The van der Waals surface area contributed by atoms with E-state index in [-0.39, 0.29) is 24.9 Å². The number of aliphatic hydroxyl groups is 1. The van der Waals surface area contributed by atoms with E-state index in [1.807, 2.05) is 109 Å². The number of aromatic nitrogens is 1. The smallest absolute Gasteiger partial charge is 0.276 e. The van der Waals surface area contributed by atoms with Crippen LogP contribution in [-0.2, 0) is 14.4 Å². The molecule has 0 radical (unpaired) electrons. The number of benzodiazepines with no additional fused rings is 3. The molecule has 3 aliphatic rings. The standard InChI is InChI=1S/C16H13ClN2O.C15H11ClN2O2.C14H10BrN3O/c1-19-14-8-7-12(17)9-13(14)16(18-10-15(19)20)11-5-3-2-4-6-11;16-10-6-7-12-11(8-10)13(9-4-2-1-3-5-9)18-15(20)14(19)17-12;15-9-4-5-11-10(7-9)14(17-8-13(19)18-11)12-3-1-2-6-16-12/h2-9H,10H2,1H3;1-8,15,20H,(H,17,19);1-7H,8H2,(H,18,19). The summed E-state index contributed by atoms with van der Waals surface area (Å²) >= 11 is 15.6. The van der Waals surface area contributed by atoms with Crippen LogP contribution in [0.25, 0.3) is 0 Å². The van der Waals surface area contributed by atoms with Crippen molar-refractivity contribution >= 4 is 91.1 Å². The van der Waals surface area contributed by atoms with E-state index in [4.69, 9.17) is 23.2 Å². The Morgan fingerprint density at radius 2 is 1.25 bits per heavy atom. The van der Waals surface area contributed by atoms with Crippen molar-refractivity contribution in [2.24, 2.45) is 15.0 Å². The number of rotatable bonds is 3.